The van der Waals surface area contributed by atoms with Crippen LogP contribution in [0.2, 0.25) is 0 Å². The van der Waals surface area contributed by atoms with E-state index in [-0.39, 0.29) is 18.0 Å². The minimum Gasteiger partial charge on any atom is -0.466 e. The zero-order valence-electron chi connectivity index (χ0n) is 19.7. The van der Waals surface area contributed by atoms with Crippen LogP contribution in [0.3, 0.4) is 0 Å². The number of anilines is 1. The highest BCUT2D eigenvalue weighted by atomic mass is 16.3. The van der Waals surface area contributed by atoms with Crippen molar-refractivity contribution in [2.24, 2.45) is 0 Å². The van der Waals surface area contributed by atoms with Crippen LogP contribution in [0.5, 0.6) is 0 Å². The summed E-state index contributed by atoms with van der Waals surface area (Å²) in [5.41, 5.74) is 3.85. The van der Waals surface area contributed by atoms with E-state index in [0.29, 0.717) is 33.5 Å². The number of fused-ring (bicyclic) bond motifs is 1. The lowest BCUT2D eigenvalue weighted by Gasteiger charge is -2.27. The number of aromatic nitrogens is 3. The maximum Gasteiger partial charge on any atom is 0.259 e. The summed E-state index contributed by atoms with van der Waals surface area (Å²) in [6, 6.07) is 13.0. The number of nitrogens with zero attached hydrogens (tertiary/aromatic N) is 5. The molecular formula is C26H27N5O2. The van der Waals surface area contributed by atoms with Gasteiger partial charge in [0.2, 0.25) is 0 Å². The number of pyridine rings is 1. The normalized spacial score (nSPS) is 11.4. The predicted molar refractivity (Wildman–Crippen MR) is 128 cm³/mol. The van der Waals surface area contributed by atoms with Gasteiger partial charge in [0.15, 0.2) is 5.65 Å². The Hall–Kier alpha value is -3.92. The zero-order chi connectivity index (χ0) is 23.9. The van der Waals surface area contributed by atoms with Crippen molar-refractivity contribution in [3.8, 4) is 17.3 Å². The van der Waals surface area contributed by atoms with Crippen molar-refractivity contribution in [1.29, 1.82) is 5.26 Å². The van der Waals surface area contributed by atoms with Crippen molar-refractivity contribution in [3.63, 3.8) is 0 Å². The maximum atomic E-state index is 14.0. The molecule has 3 heterocycles. The van der Waals surface area contributed by atoms with E-state index in [1.54, 1.807) is 29.3 Å². The van der Waals surface area contributed by atoms with E-state index in [4.69, 9.17) is 9.40 Å². The van der Waals surface area contributed by atoms with Crippen LogP contribution in [-0.4, -0.2) is 26.7 Å². The number of carbonyl (C=O) groups excluding carboxylic acids is 1. The fourth-order valence-corrected chi connectivity index (χ4v) is 4.10. The molecule has 0 saturated carbocycles. The molecule has 0 saturated heterocycles. The third kappa shape index (κ3) is 4.00. The standard InChI is InChI=1S/C26H27N5O2/c1-15(2)30(20-9-7-8-19(11-20)13-27)26(32)22-12-24(21-10-17(5)33-18(21)6)29-25-23(22)14-28-31(25)16(3)4/h7-12,14-16H,1-6H3. The summed E-state index contributed by atoms with van der Waals surface area (Å²) in [5.74, 6) is 1.36. The molecule has 4 aromatic rings. The number of furan rings is 1. The number of hydrogen-bond acceptors (Lipinski definition) is 5. The number of amides is 1. The first kappa shape index (κ1) is 22.3. The number of hydrogen-bond donors (Lipinski definition) is 0. The van der Waals surface area contributed by atoms with E-state index in [1.165, 1.54) is 0 Å². The number of carbonyl (C=O) groups is 1. The molecule has 7 heteroatoms. The second-order valence-electron chi connectivity index (χ2n) is 8.73. The summed E-state index contributed by atoms with van der Waals surface area (Å²) >= 11 is 0. The van der Waals surface area contributed by atoms with Gasteiger partial charge in [0.1, 0.15) is 11.5 Å². The lowest BCUT2D eigenvalue weighted by molar-refractivity contribution is 0.0982. The smallest absolute Gasteiger partial charge is 0.259 e. The second kappa shape index (κ2) is 8.55. The van der Waals surface area contributed by atoms with Crippen molar-refractivity contribution < 1.29 is 9.21 Å². The molecule has 0 N–H and O–H groups in total. The Labute approximate surface area is 193 Å². The number of nitriles is 1. The van der Waals surface area contributed by atoms with E-state index >= 15 is 0 Å². The lowest BCUT2D eigenvalue weighted by Crippen LogP contribution is -2.37. The third-order valence-corrected chi connectivity index (χ3v) is 5.59. The fraction of sp³-hybridized carbons (Fsp3) is 0.308. The van der Waals surface area contributed by atoms with E-state index < -0.39 is 0 Å². The van der Waals surface area contributed by atoms with E-state index in [1.807, 2.05) is 64.4 Å². The molecule has 168 valence electrons. The minimum absolute atomic E-state index is 0.0777. The average Bonchev–Trinajstić information content (AvgIpc) is 3.35. The number of rotatable bonds is 5. The quantitative estimate of drug-likeness (QED) is 0.390. The number of aryl methyl sites for hydroxylation is 2. The molecular weight excluding hydrogens is 414 g/mol. The van der Waals surface area contributed by atoms with Gasteiger partial charge in [0, 0.05) is 23.3 Å². The molecule has 1 amide bonds. The van der Waals surface area contributed by atoms with Crippen LogP contribution >= 0.6 is 0 Å². The predicted octanol–water partition coefficient (Wildman–Crippen LogP) is 5.82. The van der Waals surface area contributed by atoms with E-state index in [0.717, 1.165) is 17.1 Å². The second-order valence-corrected chi connectivity index (χ2v) is 8.73. The van der Waals surface area contributed by atoms with Crippen molar-refractivity contribution in [2.45, 2.75) is 53.6 Å². The summed E-state index contributed by atoms with van der Waals surface area (Å²) in [5, 5.41) is 14.6. The Balaban J connectivity index is 1.95. The Kier molecular flexibility index (Phi) is 5.77. The van der Waals surface area contributed by atoms with Crippen LogP contribution in [0.25, 0.3) is 22.3 Å². The molecule has 7 nitrogen and oxygen atoms in total. The highest BCUT2D eigenvalue weighted by Gasteiger charge is 2.26. The molecule has 0 radical (unpaired) electrons. The fourth-order valence-electron chi connectivity index (χ4n) is 4.10. The van der Waals surface area contributed by atoms with Gasteiger partial charge in [-0.3, -0.25) is 4.79 Å². The Morgan fingerprint density at radius 1 is 1.15 bits per heavy atom. The van der Waals surface area contributed by atoms with Gasteiger partial charge >= 0.3 is 0 Å². The molecule has 0 aliphatic carbocycles. The topological polar surface area (TPSA) is 88.0 Å². The Morgan fingerprint density at radius 2 is 1.91 bits per heavy atom. The molecule has 0 aliphatic heterocycles. The number of benzene rings is 1. The molecule has 0 aliphatic rings. The molecule has 33 heavy (non-hydrogen) atoms. The highest BCUT2D eigenvalue weighted by Crippen LogP contribution is 2.32. The molecule has 3 aromatic heterocycles. The SMILES string of the molecule is Cc1cc(-c2cc(C(=O)N(c3cccc(C#N)c3)C(C)C)c3cnn(C(C)C)c3n2)c(C)o1. The van der Waals surface area contributed by atoms with E-state index in [2.05, 4.69) is 11.2 Å². The molecule has 0 fully saturated rings. The zero-order valence-corrected chi connectivity index (χ0v) is 19.7. The molecule has 4 rings (SSSR count). The van der Waals surface area contributed by atoms with Crippen LogP contribution in [-0.2, 0) is 0 Å². The van der Waals surface area contributed by atoms with Gasteiger partial charge in [-0.2, -0.15) is 10.4 Å². The molecule has 1 aromatic carbocycles. The van der Waals surface area contributed by atoms with Crippen molar-refractivity contribution in [1.82, 2.24) is 14.8 Å². The summed E-state index contributed by atoms with van der Waals surface area (Å²) in [6.07, 6.45) is 1.71. The van der Waals surface area contributed by atoms with Crippen LogP contribution in [0.4, 0.5) is 5.69 Å². The van der Waals surface area contributed by atoms with Gasteiger partial charge in [-0.25, -0.2) is 9.67 Å². The van der Waals surface area contributed by atoms with Gasteiger partial charge in [-0.15, -0.1) is 0 Å². The summed E-state index contributed by atoms with van der Waals surface area (Å²) in [7, 11) is 0. The van der Waals surface area contributed by atoms with Crippen LogP contribution in [0, 0.1) is 25.2 Å². The molecule has 0 spiro atoms. The first-order valence-electron chi connectivity index (χ1n) is 11.0. The monoisotopic (exact) mass is 441 g/mol. The minimum atomic E-state index is -0.171. The maximum absolute atomic E-state index is 14.0. The van der Waals surface area contributed by atoms with Gasteiger partial charge in [-0.1, -0.05) is 6.07 Å². The first-order valence-corrected chi connectivity index (χ1v) is 11.0. The molecule has 0 unspecified atom stereocenters. The van der Waals surface area contributed by atoms with Crippen LogP contribution in [0.1, 0.15) is 61.2 Å². The van der Waals surface area contributed by atoms with Crippen LogP contribution < -0.4 is 4.90 Å². The first-order chi connectivity index (χ1) is 15.7. The molecule has 0 bridgehead atoms. The summed E-state index contributed by atoms with van der Waals surface area (Å²) < 4.78 is 7.56. The Morgan fingerprint density at radius 3 is 2.52 bits per heavy atom. The highest BCUT2D eigenvalue weighted by molar-refractivity contribution is 6.14. The van der Waals surface area contributed by atoms with Crippen molar-refractivity contribution >= 4 is 22.6 Å². The van der Waals surface area contributed by atoms with E-state index in [9.17, 15) is 10.1 Å². The summed E-state index contributed by atoms with van der Waals surface area (Å²) in [6.45, 7) is 11.8. The Bertz CT molecular complexity index is 1390. The largest absolute Gasteiger partial charge is 0.466 e. The third-order valence-electron chi connectivity index (χ3n) is 5.59. The van der Waals surface area contributed by atoms with Crippen molar-refractivity contribution in [3.05, 3.63) is 65.2 Å². The lowest BCUT2D eigenvalue weighted by atomic mass is 10.0. The molecule has 0 atom stereocenters. The average molecular weight is 442 g/mol. The van der Waals surface area contributed by atoms with Crippen LogP contribution in [0.15, 0.2) is 47.0 Å². The van der Waals surface area contributed by atoms with Gasteiger partial charge in [0.05, 0.1) is 34.5 Å². The van der Waals surface area contributed by atoms with Gasteiger partial charge in [-0.05, 0) is 71.9 Å². The van der Waals surface area contributed by atoms with Gasteiger partial charge < -0.3 is 9.32 Å². The van der Waals surface area contributed by atoms with Gasteiger partial charge in [0.25, 0.3) is 5.91 Å². The van der Waals surface area contributed by atoms with Crippen molar-refractivity contribution in [2.75, 3.05) is 4.90 Å². The summed E-state index contributed by atoms with van der Waals surface area (Å²) in [4.78, 5) is 20.6.